The number of ether oxygens (including phenoxy) is 1. The number of benzene rings is 1. The van der Waals surface area contributed by atoms with Crippen molar-refractivity contribution >= 4 is 0 Å². The highest BCUT2D eigenvalue weighted by Gasteiger charge is 2.13. The summed E-state index contributed by atoms with van der Waals surface area (Å²) in [5.41, 5.74) is 2.91. The molecule has 1 unspecified atom stereocenters. The molecule has 0 heterocycles. The molecule has 0 aliphatic heterocycles. The lowest BCUT2D eigenvalue weighted by Gasteiger charge is -2.21. The van der Waals surface area contributed by atoms with Gasteiger partial charge in [-0.15, -0.1) is 0 Å². The summed E-state index contributed by atoms with van der Waals surface area (Å²) in [6, 6.07) is 8.71. The zero-order valence-electron chi connectivity index (χ0n) is 12.8. The van der Waals surface area contributed by atoms with Crippen LogP contribution in [0.2, 0.25) is 0 Å². The number of hydrogen-bond acceptors (Lipinski definition) is 2. The van der Waals surface area contributed by atoms with E-state index >= 15 is 0 Å². The lowest BCUT2D eigenvalue weighted by Crippen LogP contribution is -2.23. The Kier molecular flexibility index (Phi) is 6.13. The molecule has 0 spiro atoms. The summed E-state index contributed by atoms with van der Waals surface area (Å²) < 4.78 is 5.47. The van der Waals surface area contributed by atoms with Crippen molar-refractivity contribution in [1.29, 1.82) is 0 Å². The maximum atomic E-state index is 5.47. The number of hydrogen-bond donors (Lipinski definition) is 1. The molecule has 110 valence electrons. The standard InChI is InChI=1S/C18H27NO/c1-3-17(16-11-7-8-12-18(16)20-2)19-14-13-15-9-5-4-6-10-15/h7-9,11-12,17,19H,3-6,10,13-14H2,1-2H3. The van der Waals surface area contributed by atoms with Crippen LogP contribution in [0.3, 0.4) is 0 Å². The molecule has 2 rings (SSSR count). The third-order valence-electron chi connectivity index (χ3n) is 4.14. The van der Waals surface area contributed by atoms with Gasteiger partial charge in [0, 0.05) is 11.6 Å². The second-order valence-electron chi connectivity index (χ2n) is 5.52. The van der Waals surface area contributed by atoms with Crippen LogP contribution in [-0.2, 0) is 0 Å². The van der Waals surface area contributed by atoms with E-state index in [0.29, 0.717) is 6.04 Å². The van der Waals surface area contributed by atoms with Crippen molar-refractivity contribution in [2.75, 3.05) is 13.7 Å². The second-order valence-corrected chi connectivity index (χ2v) is 5.52. The third kappa shape index (κ3) is 4.11. The molecule has 0 saturated carbocycles. The summed E-state index contributed by atoms with van der Waals surface area (Å²) in [5.74, 6) is 0.990. The van der Waals surface area contributed by atoms with Crippen molar-refractivity contribution in [3.63, 3.8) is 0 Å². The number of nitrogens with one attached hydrogen (secondary N) is 1. The molecule has 1 aromatic rings. The van der Waals surface area contributed by atoms with Crippen molar-refractivity contribution in [2.45, 2.75) is 51.5 Å². The zero-order chi connectivity index (χ0) is 14.2. The molecule has 20 heavy (non-hydrogen) atoms. The Morgan fingerprint density at radius 3 is 2.80 bits per heavy atom. The van der Waals surface area contributed by atoms with Gasteiger partial charge in [0.15, 0.2) is 0 Å². The van der Waals surface area contributed by atoms with Gasteiger partial charge in [-0.25, -0.2) is 0 Å². The Bertz CT molecular complexity index is 439. The lowest BCUT2D eigenvalue weighted by molar-refractivity contribution is 0.397. The van der Waals surface area contributed by atoms with Crippen LogP contribution in [-0.4, -0.2) is 13.7 Å². The van der Waals surface area contributed by atoms with Gasteiger partial charge in [-0.05, 0) is 51.1 Å². The molecular formula is C18H27NO. The molecule has 2 heteroatoms. The first-order chi connectivity index (χ1) is 9.85. The van der Waals surface area contributed by atoms with Gasteiger partial charge in [0.05, 0.1) is 7.11 Å². The predicted octanol–water partition coefficient (Wildman–Crippen LogP) is 4.63. The van der Waals surface area contributed by atoms with Crippen LogP contribution in [0, 0.1) is 0 Å². The molecule has 0 bridgehead atoms. The van der Waals surface area contributed by atoms with Crippen LogP contribution in [0.1, 0.15) is 57.1 Å². The Labute approximate surface area is 123 Å². The van der Waals surface area contributed by atoms with E-state index in [1.54, 1.807) is 12.7 Å². The Hall–Kier alpha value is -1.28. The number of methoxy groups -OCH3 is 1. The number of para-hydroxylation sites is 1. The average Bonchev–Trinajstić information content (AvgIpc) is 2.53. The van der Waals surface area contributed by atoms with Gasteiger partial charge >= 0.3 is 0 Å². The third-order valence-corrected chi connectivity index (χ3v) is 4.14. The van der Waals surface area contributed by atoms with E-state index in [-0.39, 0.29) is 0 Å². The number of rotatable bonds is 7. The van der Waals surface area contributed by atoms with Gasteiger partial charge in [-0.1, -0.05) is 36.8 Å². The summed E-state index contributed by atoms with van der Waals surface area (Å²) in [6.07, 6.45) is 10.0. The van der Waals surface area contributed by atoms with E-state index in [2.05, 4.69) is 30.4 Å². The summed E-state index contributed by atoms with van der Waals surface area (Å²) in [6.45, 7) is 3.28. The van der Waals surface area contributed by atoms with Crippen LogP contribution in [0.25, 0.3) is 0 Å². The smallest absolute Gasteiger partial charge is 0.123 e. The minimum atomic E-state index is 0.385. The van der Waals surface area contributed by atoms with Crippen LogP contribution in [0.4, 0.5) is 0 Å². The van der Waals surface area contributed by atoms with E-state index in [0.717, 1.165) is 18.7 Å². The van der Waals surface area contributed by atoms with Crippen molar-refractivity contribution in [1.82, 2.24) is 5.32 Å². The first-order valence-electron chi connectivity index (χ1n) is 7.89. The molecule has 0 fully saturated rings. The monoisotopic (exact) mass is 273 g/mol. The van der Waals surface area contributed by atoms with Crippen LogP contribution in [0.15, 0.2) is 35.9 Å². The Morgan fingerprint density at radius 2 is 2.10 bits per heavy atom. The Balaban J connectivity index is 1.90. The molecule has 1 N–H and O–H groups in total. The summed E-state index contributed by atoms with van der Waals surface area (Å²) in [4.78, 5) is 0. The predicted molar refractivity (Wildman–Crippen MR) is 85.2 cm³/mol. The van der Waals surface area contributed by atoms with Gasteiger partial charge in [0.2, 0.25) is 0 Å². The van der Waals surface area contributed by atoms with Gasteiger partial charge in [0.25, 0.3) is 0 Å². The molecule has 0 radical (unpaired) electrons. The minimum Gasteiger partial charge on any atom is -0.496 e. The molecule has 1 atom stereocenters. The van der Waals surface area contributed by atoms with Gasteiger partial charge in [-0.2, -0.15) is 0 Å². The average molecular weight is 273 g/mol. The highest BCUT2D eigenvalue weighted by Crippen LogP contribution is 2.27. The van der Waals surface area contributed by atoms with E-state index in [1.807, 2.05) is 12.1 Å². The van der Waals surface area contributed by atoms with Crippen molar-refractivity contribution < 1.29 is 4.74 Å². The van der Waals surface area contributed by atoms with E-state index < -0.39 is 0 Å². The van der Waals surface area contributed by atoms with Gasteiger partial charge < -0.3 is 10.1 Å². The summed E-state index contributed by atoms with van der Waals surface area (Å²) in [5, 5.41) is 3.69. The molecular weight excluding hydrogens is 246 g/mol. The SMILES string of the molecule is CCC(NCCC1=CCCCC1)c1ccccc1OC. The van der Waals surface area contributed by atoms with Crippen LogP contribution < -0.4 is 10.1 Å². The first-order valence-corrected chi connectivity index (χ1v) is 7.89. The second kappa shape index (κ2) is 8.11. The van der Waals surface area contributed by atoms with Crippen molar-refractivity contribution in [3.05, 3.63) is 41.5 Å². The van der Waals surface area contributed by atoms with E-state index in [1.165, 1.54) is 37.7 Å². The largest absolute Gasteiger partial charge is 0.496 e. The highest BCUT2D eigenvalue weighted by molar-refractivity contribution is 5.35. The topological polar surface area (TPSA) is 21.3 Å². The molecule has 0 aromatic heterocycles. The van der Waals surface area contributed by atoms with Crippen molar-refractivity contribution in [2.24, 2.45) is 0 Å². The molecule has 2 nitrogen and oxygen atoms in total. The van der Waals surface area contributed by atoms with E-state index in [9.17, 15) is 0 Å². The lowest BCUT2D eigenvalue weighted by atomic mass is 9.97. The maximum Gasteiger partial charge on any atom is 0.123 e. The van der Waals surface area contributed by atoms with Gasteiger partial charge in [-0.3, -0.25) is 0 Å². The van der Waals surface area contributed by atoms with Crippen molar-refractivity contribution in [3.8, 4) is 5.75 Å². The Morgan fingerprint density at radius 1 is 1.25 bits per heavy atom. The number of allylic oxidation sites excluding steroid dienone is 1. The maximum absolute atomic E-state index is 5.47. The minimum absolute atomic E-state index is 0.385. The van der Waals surface area contributed by atoms with Crippen LogP contribution in [0.5, 0.6) is 5.75 Å². The highest BCUT2D eigenvalue weighted by atomic mass is 16.5. The van der Waals surface area contributed by atoms with E-state index in [4.69, 9.17) is 4.74 Å². The first kappa shape index (κ1) is 15.1. The molecule has 1 aromatic carbocycles. The fourth-order valence-corrected chi connectivity index (χ4v) is 2.97. The summed E-state index contributed by atoms with van der Waals surface area (Å²) >= 11 is 0. The molecule has 1 aliphatic rings. The summed E-state index contributed by atoms with van der Waals surface area (Å²) in [7, 11) is 1.75. The van der Waals surface area contributed by atoms with Gasteiger partial charge in [0.1, 0.15) is 5.75 Å². The quantitative estimate of drug-likeness (QED) is 0.732. The molecule has 0 saturated heterocycles. The molecule has 1 aliphatic carbocycles. The van der Waals surface area contributed by atoms with Crippen LogP contribution >= 0.6 is 0 Å². The fourth-order valence-electron chi connectivity index (χ4n) is 2.97. The normalized spacial score (nSPS) is 16.6. The fraction of sp³-hybridized carbons (Fsp3) is 0.556. The molecule has 0 amide bonds. The zero-order valence-corrected chi connectivity index (χ0v) is 12.8.